The van der Waals surface area contributed by atoms with E-state index in [0.29, 0.717) is 24.5 Å². The van der Waals surface area contributed by atoms with Crippen molar-refractivity contribution < 1.29 is 22.7 Å². The number of halogens is 1. The summed E-state index contributed by atoms with van der Waals surface area (Å²) in [6.07, 6.45) is 0.967. The summed E-state index contributed by atoms with van der Waals surface area (Å²) < 4.78 is 35.8. The second kappa shape index (κ2) is 16.4. The van der Waals surface area contributed by atoms with Gasteiger partial charge in [-0.25, -0.2) is 8.42 Å². The van der Waals surface area contributed by atoms with Crippen molar-refractivity contribution in [2.45, 2.75) is 57.1 Å². The minimum absolute atomic E-state index is 0.0161. The number of rotatable bonds is 15. The lowest BCUT2D eigenvalue weighted by Crippen LogP contribution is -2.54. The van der Waals surface area contributed by atoms with Crippen LogP contribution in [-0.4, -0.2) is 50.4 Å². The number of nitrogens with one attached hydrogen (secondary N) is 1. The Balaban J connectivity index is 1.77. The molecule has 0 unspecified atom stereocenters. The number of amides is 2. The van der Waals surface area contributed by atoms with Crippen LogP contribution in [0.2, 0.25) is 0 Å². The molecule has 2 atom stereocenters. The van der Waals surface area contributed by atoms with Gasteiger partial charge in [0.25, 0.3) is 10.0 Å². The van der Waals surface area contributed by atoms with Crippen LogP contribution in [0, 0.1) is 0 Å². The van der Waals surface area contributed by atoms with E-state index in [-0.39, 0.29) is 29.8 Å². The van der Waals surface area contributed by atoms with Crippen LogP contribution in [0.3, 0.4) is 0 Å². The number of hydrogen-bond donors (Lipinski definition) is 1. The third-order valence-electron chi connectivity index (χ3n) is 7.58. The van der Waals surface area contributed by atoms with Gasteiger partial charge in [0.2, 0.25) is 11.8 Å². The van der Waals surface area contributed by atoms with Gasteiger partial charge in [-0.3, -0.25) is 13.9 Å². The molecular weight excluding hydrogens is 666 g/mol. The third kappa shape index (κ3) is 9.20. The van der Waals surface area contributed by atoms with Crippen LogP contribution in [0.1, 0.15) is 38.3 Å². The van der Waals surface area contributed by atoms with Gasteiger partial charge in [0.15, 0.2) is 0 Å². The molecule has 4 aromatic rings. The molecule has 0 aliphatic carbocycles. The molecule has 242 valence electrons. The molecule has 0 saturated carbocycles. The lowest BCUT2D eigenvalue weighted by Gasteiger charge is -2.34. The predicted molar refractivity (Wildman–Crippen MR) is 185 cm³/mol. The maximum atomic E-state index is 14.5. The number of para-hydroxylation sites is 1. The predicted octanol–water partition coefficient (Wildman–Crippen LogP) is 6.60. The molecule has 0 heterocycles. The van der Waals surface area contributed by atoms with E-state index >= 15 is 0 Å². The van der Waals surface area contributed by atoms with Crippen molar-refractivity contribution in [1.82, 2.24) is 10.2 Å². The Bertz CT molecular complexity index is 1670. The van der Waals surface area contributed by atoms with Gasteiger partial charge in [-0.1, -0.05) is 83.5 Å². The molecule has 2 amide bonds. The highest BCUT2D eigenvalue weighted by Gasteiger charge is 2.35. The average Bonchev–Trinajstić information content (AvgIpc) is 3.07. The van der Waals surface area contributed by atoms with Gasteiger partial charge in [-0.15, -0.1) is 0 Å². The van der Waals surface area contributed by atoms with Crippen molar-refractivity contribution in [3.63, 3.8) is 0 Å². The fourth-order valence-corrected chi connectivity index (χ4v) is 6.58. The van der Waals surface area contributed by atoms with E-state index < -0.39 is 28.5 Å². The van der Waals surface area contributed by atoms with Gasteiger partial charge in [-0.05, 0) is 79.9 Å². The van der Waals surface area contributed by atoms with Gasteiger partial charge in [0, 0.05) is 23.5 Å². The third-order valence-corrected chi connectivity index (χ3v) is 9.90. The monoisotopic (exact) mass is 705 g/mol. The van der Waals surface area contributed by atoms with Crippen molar-refractivity contribution in [1.29, 1.82) is 0 Å². The zero-order valence-corrected chi connectivity index (χ0v) is 28.7. The SMILES string of the molecule is CCOc1ccc(S(=O)(=O)N(CC(=O)N(Cc2ccc(Br)cc2)[C@@H](Cc2ccccc2)C(=O)N[C@H](C)CC)c2ccccc2)cc1. The minimum atomic E-state index is -4.20. The Kier molecular flexibility index (Phi) is 12.4. The molecule has 4 aromatic carbocycles. The summed E-state index contributed by atoms with van der Waals surface area (Å²) >= 11 is 3.46. The Morgan fingerprint density at radius 1 is 0.826 bits per heavy atom. The molecule has 0 fully saturated rings. The summed E-state index contributed by atoms with van der Waals surface area (Å²) in [5, 5.41) is 3.05. The molecule has 46 heavy (non-hydrogen) atoms. The second-order valence-electron chi connectivity index (χ2n) is 10.9. The summed E-state index contributed by atoms with van der Waals surface area (Å²) in [6.45, 7) is 5.77. The van der Waals surface area contributed by atoms with Gasteiger partial charge < -0.3 is 15.0 Å². The van der Waals surface area contributed by atoms with Crippen LogP contribution in [0.4, 0.5) is 5.69 Å². The zero-order chi connectivity index (χ0) is 33.1. The number of nitrogens with zero attached hydrogens (tertiary/aromatic N) is 2. The maximum absolute atomic E-state index is 14.5. The van der Waals surface area contributed by atoms with E-state index in [1.807, 2.05) is 75.4 Å². The van der Waals surface area contributed by atoms with E-state index in [1.165, 1.54) is 17.0 Å². The smallest absolute Gasteiger partial charge is 0.264 e. The Hall–Kier alpha value is -4.15. The Labute approximate surface area is 280 Å². The number of sulfonamides is 1. The highest BCUT2D eigenvalue weighted by molar-refractivity contribution is 9.10. The number of benzene rings is 4. The molecule has 8 nitrogen and oxygen atoms in total. The van der Waals surface area contributed by atoms with Crippen LogP contribution in [-0.2, 0) is 32.6 Å². The molecule has 0 saturated heterocycles. The van der Waals surface area contributed by atoms with Crippen molar-refractivity contribution in [3.8, 4) is 5.75 Å². The highest BCUT2D eigenvalue weighted by Crippen LogP contribution is 2.26. The van der Waals surface area contributed by atoms with Crippen molar-refractivity contribution in [2.24, 2.45) is 0 Å². The molecule has 0 aromatic heterocycles. The van der Waals surface area contributed by atoms with Gasteiger partial charge in [0.1, 0.15) is 18.3 Å². The maximum Gasteiger partial charge on any atom is 0.264 e. The fraction of sp³-hybridized carbons (Fsp3) is 0.278. The largest absolute Gasteiger partial charge is 0.494 e. The fourth-order valence-electron chi connectivity index (χ4n) is 4.91. The first kappa shape index (κ1) is 34.7. The molecule has 0 spiro atoms. The topological polar surface area (TPSA) is 96.0 Å². The van der Waals surface area contributed by atoms with E-state index in [9.17, 15) is 18.0 Å². The van der Waals surface area contributed by atoms with Crippen molar-refractivity contribution >= 4 is 43.5 Å². The molecule has 10 heteroatoms. The van der Waals surface area contributed by atoms with Crippen LogP contribution >= 0.6 is 15.9 Å². The first-order valence-electron chi connectivity index (χ1n) is 15.3. The van der Waals surface area contributed by atoms with Gasteiger partial charge in [-0.2, -0.15) is 0 Å². The number of carbonyl (C=O) groups is 2. The second-order valence-corrected chi connectivity index (χ2v) is 13.7. The molecule has 0 radical (unpaired) electrons. The number of hydrogen-bond acceptors (Lipinski definition) is 5. The molecule has 4 rings (SSSR count). The normalized spacial score (nSPS) is 12.5. The van der Waals surface area contributed by atoms with E-state index in [4.69, 9.17) is 4.74 Å². The van der Waals surface area contributed by atoms with Gasteiger partial charge in [0.05, 0.1) is 17.2 Å². The van der Waals surface area contributed by atoms with E-state index in [1.54, 1.807) is 42.5 Å². The summed E-state index contributed by atoms with van der Waals surface area (Å²) in [5.41, 5.74) is 2.01. The van der Waals surface area contributed by atoms with E-state index in [0.717, 1.165) is 19.9 Å². The number of anilines is 1. The van der Waals surface area contributed by atoms with Crippen molar-refractivity contribution in [3.05, 3.63) is 125 Å². The first-order chi connectivity index (χ1) is 22.1. The van der Waals surface area contributed by atoms with Crippen LogP contribution in [0.15, 0.2) is 119 Å². The highest BCUT2D eigenvalue weighted by atomic mass is 79.9. The van der Waals surface area contributed by atoms with Crippen molar-refractivity contribution in [2.75, 3.05) is 17.5 Å². The summed E-state index contributed by atoms with van der Waals surface area (Å²) in [5.74, 6) is -0.272. The summed E-state index contributed by atoms with van der Waals surface area (Å²) in [7, 11) is -4.20. The summed E-state index contributed by atoms with van der Waals surface area (Å²) in [4.78, 5) is 29.9. The molecular formula is C36H40BrN3O5S. The lowest BCUT2D eigenvalue weighted by molar-refractivity contribution is -0.140. The quantitative estimate of drug-likeness (QED) is 0.150. The molecule has 0 bridgehead atoms. The number of ether oxygens (including phenoxy) is 1. The average molecular weight is 707 g/mol. The van der Waals surface area contributed by atoms with Crippen LogP contribution in [0.5, 0.6) is 5.75 Å². The summed E-state index contributed by atoms with van der Waals surface area (Å²) in [6, 6.07) is 30.6. The van der Waals surface area contributed by atoms with E-state index in [2.05, 4.69) is 21.2 Å². The Morgan fingerprint density at radius 3 is 2.02 bits per heavy atom. The van der Waals surface area contributed by atoms with Crippen LogP contribution < -0.4 is 14.4 Å². The molecule has 1 N–H and O–H groups in total. The zero-order valence-electron chi connectivity index (χ0n) is 26.3. The first-order valence-corrected chi connectivity index (χ1v) is 17.5. The van der Waals surface area contributed by atoms with Crippen LogP contribution in [0.25, 0.3) is 0 Å². The Morgan fingerprint density at radius 2 is 1.43 bits per heavy atom. The minimum Gasteiger partial charge on any atom is -0.494 e. The lowest BCUT2D eigenvalue weighted by atomic mass is 10.0. The molecule has 0 aliphatic rings. The number of carbonyl (C=O) groups excluding carboxylic acids is 2. The standard InChI is InChI=1S/C36H40BrN3O5S/c1-4-27(3)38-36(42)34(24-28-12-8-6-9-13-28)39(25-29-16-18-30(37)19-17-29)35(41)26-40(31-14-10-7-11-15-31)46(43,44)33-22-20-32(21-23-33)45-5-2/h6-23,27,34H,4-5,24-26H2,1-3H3,(H,38,42)/t27-,34+/m1/s1. The molecule has 0 aliphatic heterocycles. The van der Waals surface area contributed by atoms with Gasteiger partial charge >= 0.3 is 0 Å².